The maximum Gasteiger partial charge on any atom is 0.410 e. The van der Waals surface area contributed by atoms with E-state index in [0.29, 0.717) is 0 Å². The van der Waals surface area contributed by atoms with Crippen LogP contribution in [0.3, 0.4) is 0 Å². The Hall–Kier alpha value is -1.71. The molecule has 0 spiro atoms. The van der Waals surface area contributed by atoms with Crippen molar-refractivity contribution >= 4 is 11.8 Å². The first-order valence-corrected chi connectivity index (χ1v) is 7.67. The Morgan fingerprint density at radius 3 is 2.62 bits per heavy atom. The molecule has 116 valence electrons. The van der Waals surface area contributed by atoms with Crippen LogP contribution in [-0.4, -0.2) is 29.2 Å². The smallest absolute Gasteiger partial charge is 0.410 e. The third-order valence-electron chi connectivity index (χ3n) is 3.67. The number of nitrogen functional groups attached to an aromatic ring is 1. The zero-order valence-corrected chi connectivity index (χ0v) is 13.5. The maximum atomic E-state index is 12.4. The first-order chi connectivity index (χ1) is 9.80. The van der Waals surface area contributed by atoms with Gasteiger partial charge in [-0.25, -0.2) is 4.79 Å². The molecule has 2 rings (SSSR count). The monoisotopic (exact) mass is 290 g/mol. The van der Waals surface area contributed by atoms with Crippen molar-refractivity contribution in [3.05, 3.63) is 29.3 Å². The number of fused-ring (bicyclic) bond motifs is 1. The summed E-state index contributed by atoms with van der Waals surface area (Å²) >= 11 is 0. The summed E-state index contributed by atoms with van der Waals surface area (Å²) in [6.07, 6.45) is 2.46. The van der Waals surface area contributed by atoms with Gasteiger partial charge < -0.3 is 15.4 Å². The lowest BCUT2D eigenvalue weighted by atomic mass is 10.1. The number of anilines is 1. The second kappa shape index (κ2) is 5.96. The van der Waals surface area contributed by atoms with Crippen molar-refractivity contribution in [2.45, 2.75) is 58.6 Å². The number of hydrogen-bond donors (Lipinski definition) is 1. The summed E-state index contributed by atoms with van der Waals surface area (Å²) in [7, 11) is 0. The molecular weight excluding hydrogens is 264 g/mol. The topological polar surface area (TPSA) is 55.6 Å². The molecule has 4 heteroatoms. The lowest BCUT2D eigenvalue weighted by Gasteiger charge is -2.31. The van der Waals surface area contributed by atoms with Crippen LogP contribution >= 0.6 is 0 Å². The molecule has 0 bridgehead atoms. The number of hydrogen-bond acceptors (Lipinski definition) is 3. The number of benzene rings is 1. The van der Waals surface area contributed by atoms with Gasteiger partial charge in [-0.2, -0.15) is 0 Å². The van der Waals surface area contributed by atoms with Crippen molar-refractivity contribution in [2.75, 3.05) is 12.3 Å². The van der Waals surface area contributed by atoms with Crippen molar-refractivity contribution in [2.24, 2.45) is 0 Å². The van der Waals surface area contributed by atoms with Gasteiger partial charge in [0.15, 0.2) is 0 Å². The first kappa shape index (κ1) is 15.7. The molecule has 1 aliphatic rings. The fourth-order valence-corrected chi connectivity index (χ4v) is 2.82. The van der Waals surface area contributed by atoms with Crippen LogP contribution in [0, 0.1) is 0 Å². The first-order valence-electron chi connectivity index (χ1n) is 7.67. The molecule has 0 radical (unpaired) electrons. The minimum atomic E-state index is -0.459. The lowest BCUT2D eigenvalue weighted by Crippen LogP contribution is -2.44. The van der Waals surface area contributed by atoms with Gasteiger partial charge in [-0.15, -0.1) is 0 Å². The zero-order chi connectivity index (χ0) is 15.6. The molecule has 1 amide bonds. The predicted octanol–water partition coefficient (Wildman–Crippen LogP) is 3.38. The summed E-state index contributed by atoms with van der Waals surface area (Å²) in [5.74, 6) is 0. The second-order valence-electron chi connectivity index (χ2n) is 6.76. The van der Waals surface area contributed by atoms with Gasteiger partial charge in [0.25, 0.3) is 0 Å². The number of ether oxygens (including phenoxy) is 1. The minimum Gasteiger partial charge on any atom is -0.444 e. The van der Waals surface area contributed by atoms with Gasteiger partial charge in [0.1, 0.15) is 5.60 Å². The molecule has 2 N–H and O–H groups in total. The molecule has 0 aromatic heterocycles. The third-order valence-corrected chi connectivity index (χ3v) is 3.67. The number of nitrogens with two attached hydrogens (primary N) is 1. The molecule has 1 aromatic carbocycles. The fraction of sp³-hybridized carbons (Fsp3) is 0.588. The van der Waals surface area contributed by atoms with E-state index in [4.69, 9.17) is 10.5 Å². The molecule has 0 aliphatic heterocycles. The summed E-state index contributed by atoms with van der Waals surface area (Å²) < 4.78 is 5.55. The van der Waals surface area contributed by atoms with Gasteiger partial charge in [0.05, 0.1) is 0 Å². The number of carbonyl (C=O) groups is 1. The van der Waals surface area contributed by atoms with E-state index < -0.39 is 5.60 Å². The molecular formula is C17H26N2O2. The third kappa shape index (κ3) is 3.90. The van der Waals surface area contributed by atoms with E-state index in [1.807, 2.05) is 37.8 Å². The molecule has 0 unspecified atom stereocenters. The van der Waals surface area contributed by atoms with Gasteiger partial charge in [0, 0.05) is 18.3 Å². The number of amides is 1. The van der Waals surface area contributed by atoms with Crippen LogP contribution in [0.2, 0.25) is 0 Å². The highest BCUT2D eigenvalue weighted by Crippen LogP contribution is 2.28. The van der Waals surface area contributed by atoms with E-state index in [-0.39, 0.29) is 12.1 Å². The highest BCUT2D eigenvalue weighted by atomic mass is 16.6. The molecule has 0 saturated heterocycles. The van der Waals surface area contributed by atoms with E-state index >= 15 is 0 Å². The van der Waals surface area contributed by atoms with Gasteiger partial charge in [-0.1, -0.05) is 13.0 Å². The van der Waals surface area contributed by atoms with Crippen molar-refractivity contribution < 1.29 is 9.53 Å². The summed E-state index contributed by atoms with van der Waals surface area (Å²) in [5.41, 5.74) is 8.72. The zero-order valence-electron chi connectivity index (χ0n) is 13.5. The fourth-order valence-electron chi connectivity index (χ4n) is 2.82. The maximum absolute atomic E-state index is 12.4. The van der Waals surface area contributed by atoms with Gasteiger partial charge in [-0.3, -0.25) is 0 Å². The Bertz CT molecular complexity index is 520. The average Bonchev–Trinajstić information content (AvgIpc) is 2.75. The second-order valence-corrected chi connectivity index (χ2v) is 6.76. The molecule has 0 saturated carbocycles. The highest BCUT2D eigenvalue weighted by molar-refractivity contribution is 5.69. The molecule has 4 nitrogen and oxygen atoms in total. The van der Waals surface area contributed by atoms with E-state index in [1.165, 1.54) is 11.1 Å². The molecule has 0 fully saturated rings. The summed E-state index contributed by atoms with van der Waals surface area (Å²) in [4.78, 5) is 14.3. The molecule has 21 heavy (non-hydrogen) atoms. The van der Waals surface area contributed by atoms with E-state index in [1.54, 1.807) is 0 Å². The van der Waals surface area contributed by atoms with Crippen LogP contribution in [-0.2, 0) is 17.6 Å². The largest absolute Gasteiger partial charge is 0.444 e. The summed E-state index contributed by atoms with van der Waals surface area (Å²) in [6.45, 7) is 8.51. The summed E-state index contributed by atoms with van der Waals surface area (Å²) in [6, 6.07) is 6.20. The van der Waals surface area contributed by atoms with Gasteiger partial charge in [0.2, 0.25) is 0 Å². The van der Waals surface area contributed by atoms with Crippen LogP contribution < -0.4 is 5.73 Å². The Balaban J connectivity index is 2.12. The van der Waals surface area contributed by atoms with Crippen LogP contribution in [0.25, 0.3) is 0 Å². The highest BCUT2D eigenvalue weighted by Gasteiger charge is 2.32. The van der Waals surface area contributed by atoms with E-state index in [9.17, 15) is 4.79 Å². The van der Waals surface area contributed by atoms with Crippen molar-refractivity contribution in [3.8, 4) is 0 Å². The number of nitrogens with zero attached hydrogens (tertiary/aromatic N) is 1. The normalized spacial score (nSPS) is 17.4. The number of carbonyl (C=O) groups excluding carboxylic acids is 1. The van der Waals surface area contributed by atoms with E-state index in [0.717, 1.165) is 31.5 Å². The predicted molar refractivity (Wildman–Crippen MR) is 85.3 cm³/mol. The Labute approximate surface area is 127 Å². The Morgan fingerprint density at radius 2 is 2.00 bits per heavy atom. The summed E-state index contributed by atoms with van der Waals surface area (Å²) in [5, 5.41) is 0. The van der Waals surface area contributed by atoms with Crippen molar-refractivity contribution in [1.82, 2.24) is 4.90 Å². The van der Waals surface area contributed by atoms with Gasteiger partial charge in [-0.05, 0) is 63.3 Å². The molecule has 0 heterocycles. The molecule has 1 atom stereocenters. The van der Waals surface area contributed by atoms with Gasteiger partial charge >= 0.3 is 6.09 Å². The van der Waals surface area contributed by atoms with Crippen LogP contribution in [0.4, 0.5) is 10.5 Å². The average molecular weight is 290 g/mol. The quantitative estimate of drug-likeness (QED) is 0.868. The van der Waals surface area contributed by atoms with Crippen molar-refractivity contribution in [1.29, 1.82) is 0 Å². The molecule has 1 aromatic rings. The SMILES string of the molecule is CCCN(C(=O)OC(C)(C)C)[C@H]1Cc2ccc(N)cc2C1. The molecule has 1 aliphatic carbocycles. The van der Waals surface area contributed by atoms with Crippen LogP contribution in [0.15, 0.2) is 18.2 Å². The van der Waals surface area contributed by atoms with Crippen LogP contribution in [0.1, 0.15) is 45.2 Å². The van der Waals surface area contributed by atoms with E-state index in [2.05, 4.69) is 13.0 Å². The van der Waals surface area contributed by atoms with Crippen molar-refractivity contribution in [3.63, 3.8) is 0 Å². The number of rotatable bonds is 3. The Kier molecular flexibility index (Phi) is 4.45. The lowest BCUT2D eigenvalue weighted by molar-refractivity contribution is 0.0169. The standard InChI is InChI=1S/C17H26N2O2/c1-5-8-19(16(20)21-17(2,3)4)15-10-12-6-7-14(18)9-13(12)11-15/h6-7,9,15H,5,8,10-11,18H2,1-4H3/t15-/m0/s1. The Morgan fingerprint density at radius 1 is 1.33 bits per heavy atom. The minimum absolute atomic E-state index is 0.177. The van der Waals surface area contributed by atoms with Crippen LogP contribution in [0.5, 0.6) is 0 Å².